The van der Waals surface area contributed by atoms with Crippen LogP contribution >= 0.6 is 23.2 Å². The van der Waals surface area contributed by atoms with Crippen molar-refractivity contribution in [3.8, 4) is 12.1 Å². The molecule has 2 atom stereocenters. The number of hydrogen-bond acceptors (Lipinski definition) is 8. The van der Waals surface area contributed by atoms with Crippen molar-refractivity contribution < 1.29 is 30.0 Å². The first-order valence-corrected chi connectivity index (χ1v) is 5.94. The van der Waals surface area contributed by atoms with Gasteiger partial charge in [-0.2, -0.15) is 10.5 Å². The normalized spacial score (nSPS) is 14.6. The Labute approximate surface area is 160 Å². The van der Waals surface area contributed by atoms with Crippen molar-refractivity contribution in [1.29, 1.82) is 10.5 Å². The van der Waals surface area contributed by atoms with E-state index in [0.717, 1.165) is 0 Å². The maximum atomic E-state index is 9.85. The fourth-order valence-corrected chi connectivity index (χ4v) is 1.02. The second kappa shape index (κ2) is 12.2. The summed E-state index contributed by atoms with van der Waals surface area (Å²) < 4.78 is 0. The van der Waals surface area contributed by atoms with E-state index >= 15 is 0 Å². The summed E-state index contributed by atoms with van der Waals surface area (Å²) in [7, 11) is 0. The van der Waals surface area contributed by atoms with E-state index in [1.54, 1.807) is 0 Å². The molecule has 0 spiro atoms. The van der Waals surface area contributed by atoms with Gasteiger partial charge in [0.15, 0.2) is 11.2 Å². The van der Waals surface area contributed by atoms with E-state index in [2.05, 4.69) is 0 Å². The van der Waals surface area contributed by atoms with E-state index in [-0.39, 0.29) is 37.7 Å². The summed E-state index contributed by atoms with van der Waals surface area (Å²) in [4.78, 5) is 19.7. The van der Waals surface area contributed by atoms with Crippen LogP contribution in [0.2, 0.25) is 0 Å². The number of carboxylic acid groups (broad SMARTS) is 2. The second-order valence-electron chi connectivity index (χ2n) is 3.65. The van der Waals surface area contributed by atoms with Crippen LogP contribution in [0.4, 0.5) is 0 Å². The van der Waals surface area contributed by atoms with Crippen LogP contribution < -0.4 is 10.2 Å². The number of hydrogen-bond donors (Lipinski definition) is 2. The van der Waals surface area contributed by atoms with Crippen LogP contribution in [0.25, 0.3) is 0 Å². The van der Waals surface area contributed by atoms with Gasteiger partial charge >= 0.3 is 37.7 Å². The predicted molar refractivity (Wildman–Crippen MR) is 67.6 cm³/mol. The van der Waals surface area contributed by atoms with Gasteiger partial charge in [-0.3, -0.25) is 0 Å². The number of aliphatic carboxylic acids is 2. The molecule has 0 aliphatic heterocycles. The molecule has 2 N–H and O–H groups in total. The van der Waals surface area contributed by atoms with Crippen molar-refractivity contribution in [3.05, 3.63) is 0 Å². The Hall–Kier alpha value is -0.320. The molecule has 0 bridgehead atoms. The average Bonchev–Trinajstić information content (AvgIpc) is 2.37. The van der Waals surface area contributed by atoms with E-state index in [0.29, 0.717) is 0 Å². The van der Waals surface area contributed by atoms with Crippen LogP contribution in [0.5, 0.6) is 0 Å². The van der Waals surface area contributed by atoms with Gasteiger partial charge in [0.05, 0.1) is 23.9 Å². The van der Waals surface area contributed by atoms with Crippen LogP contribution in [-0.2, 0) is 9.59 Å². The molecule has 0 radical (unpaired) electrons. The van der Waals surface area contributed by atoms with Crippen molar-refractivity contribution in [3.63, 3.8) is 0 Å². The summed E-state index contributed by atoms with van der Waals surface area (Å²) in [6.45, 7) is 0. The van der Waals surface area contributed by atoms with Gasteiger partial charge in [-0.15, -0.1) is 23.2 Å². The molecule has 2 unspecified atom stereocenters. The van der Waals surface area contributed by atoms with Gasteiger partial charge in [0, 0.05) is 24.8 Å². The quantitative estimate of drug-likeness (QED) is 0.283. The van der Waals surface area contributed by atoms with Gasteiger partial charge in [0.2, 0.25) is 0 Å². The molecular weight excluding hydrogens is 355 g/mol. The number of nitrogens with zero attached hydrogens (tertiary/aromatic N) is 2. The van der Waals surface area contributed by atoms with Gasteiger partial charge < -0.3 is 30.0 Å². The van der Waals surface area contributed by atoms with E-state index < -0.39 is 47.7 Å². The Bertz CT molecular complexity index is 398. The first kappa shape index (κ1) is 25.6. The number of aliphatic hydroxyl groups is 2. The molecule has 0 aliphatic carbocycles. The predicted octanol–water partition coefficient (Wildman–Crippen LogP) is -3.14. The molecule has 0 rings (SSSR count). The maximum Gasteiger partial charge on any atom is 2.00 e. The van der Waals surface area contributed by atoms with Gasteiger partial charge in [0.25, 0.3) is 0 Å². The summed E-state index contributed by atoms with van der Waals surface area (Å²) in [5.74, 6) is -3.86. The van der Waals surface area contributed by atoms with Crippen molar-refractivity contribution >= 4 is 72.9 Å². The van der Waals surface area contributed by atoms with Gasteiger partial charge in [-0.25, -0.2) is 0 Å². The van der Waals surface area contributed by atoms with Crippen molar-refractivity contribution in [2.75, 3.05) is 11.8 Å². The van der Waals surface area contributed by atoms with Crippen LogP contribution in [0.3, 0.4) is 0 Å². The third kappa shape index (κ3) is 13.1. The van der Waals surface area contributed by atoms with Crippen LogP contribution in [0.1, 0.15) is 12.8 Å². The van der Waals surface area contributed by atoms with E-state index in [1.807, 2.05) is 0 Å². The fraction of sp³-hybridized carbons (Fsp3) is 0.600. The minimum absolute atomic E-state index is 0. The van der Waals surface area contributed by atoms with Crippen molar-refractivity contribution in [1.82, 2.24) is 0 Å². The van der Waals surface area contributed by atoms with E-state index in [9.17, 15) is 19.8 Å². The minimum atomic E-state index is -1.99. The number of halogens is 2. The zero-order chi connectivity index (χ0) is 16.4. The summed E-state index contributed by atoms with van der Waals surface area (Å²) in [6, 6.07) is 2.72. The zero-order valence-electron chi connectivity index (χ0n) is 10.7. The summed E-state index contributed by atoms with van der Waals surface area (Å²) in [5, 5.41) is 53.8. The van der Waals surface area contributed by atoms with Crippen LogP contribution in [0, 0.1) is 22.7 Å². The monoisotopic (exact) mass is 364 g/mol. The number of nitriles is 2. The molecule has 0 amide bonds. The fourth-order valence-electron chi connectivity index (χ4n) is 0.711. The first-order valence-electron chi connectivity index (χ1n) is 4.87. The summed E-state index contributed by atoms with van der Waals surface area (Å²) in [6.07, 6.45) is -1.51. The zero-order valence-corrected chi connectivity index (χ0v) is 14.4. The third-order valence-corrected chi connectivity index (χ3v) is 2.62. The first-order chi connectivity index (χ1) is 9.08. The van der Waals surface area contributed by atoms with Crippen molar-refractivity contribution in [2.24, 2.45) is 0 Å². The van der Waals surface area contributed by atoms with Crippen LogP contribution in [-0.4, -0.2) is 82.9 Å². The Morgan fingerprint density at radius 2 is 1.19 bits per heavy atom. The number of carboxylic acids is 2. The molecule has 0 aromatic heterocycles. The van der Waals surface area contributed by atoms with E-state index in [1.165, 1.54) is 12.1 Å². The largest absolute Gasteiger partial charge is 2.00 e. The Morgan fingerprint density at radius 3 is 1.24 bits per heavy atom. The molecule has 0 saturated carbocycles. The van der Waals surface area contributed by atoms with Gasteiger partial charge in [-0.05, 0) is 0 Å². The molecule has 112 valence electrons. The number of carbonyl (C=O) groups is 2. The molecule has 21 heavy (non-hydrogen) atoms. The summed E-state index contributed by atoms with van der Waals surface area (Å²) in [5.41, 5.74) is -3.97. The minimum Gasteiger partial charge on any atom is -0.550 e. The van der Waals surface area contributed by atoms with Gasteiger partial charge in [0.1, 0.15) is 0 Å². The molecule has 0 fully saturated rings. The molecule has 0 aromatic carbocycles. The van der Waals surface area contributed by atoms with E-state index in [4.69, 9.17) is 43.9 Å². The van der Waals surface area contributed by atoms with Crippen molar-refractivity contribution in [2.45, 2.75) is 24.0 Å². The Morgan fingerprint density at radius 1 is 0.952 bits per heavy atom. The van der Waals surface area contributed by atoms with Gasteiger partial charge in [-0.1, -0.05) is 0 Å². The molecule has 0 saturated heterocycles. The molecule has 0 heterocycles. The standard InChI is InChI=1S/2C5H6ClNO3.Ca/c2*6-2-5(10,3-7)1-4(8)9;/h2*10H,1-2H2,(H,8,9);/q;;+2/p-2. The molecule has 0 aliphatic rings. The third-order valence-electron chi connectivity index (χ3n) is 1.73. The number of alkyl halides is 2. The second-order valence-corrected chi connectivity index (χ2v) is 4.19. The average molecular weight is 365 g/mol. The topological polar surface area (TPSA) is 168 Å². The number of rotatable bonds is 6. The van der Waals surface area contributed by atoms with Crippen LogP contribution in [0.15, 0.2) is 0 Å². The molecule has 0 aromatic rings. The maximum absolute atomic E-state index is 9.85. The Kier molecular flexibility index (Phi) is 14.9. The Balaban J connectivity index is -0.000000295. The summed E-state index contributed by atoms with van der Waals surface area (Å²) >= 11 is 10.2. The SMILES string of the molecule is N#CC(O)(CCl)CC(=O)[O-].N#CC(O)(CCl)CC(=O)[O-].[Ca+2]. The number of carbonyl (C=O) groups excluding carboxylic acids is 2. The molecular formula is C10H10CaCl2N2O6. The molecule has 11 heteroatoms. The smallest absolute Gasteiger partial charge is 0.550 e. The molecule has 8 nitrogen and oxygen atoms in total.